The number of esters is 1. The second-order valence-corrected chi connectivity index (χ2v) is 4.17. The predicted octanol–water partition coefficient (Wildman–Crippen LogP) is 1.90. The average molecular weight is 182 g/mol. The molecule has 0 radical (unpaired) electrons. The fourth-order valence-electron chi connectivity index (χ4n) is 0.193. The molecule has 0 aromatic heterocycles. The van der Waals surface area contributed by atoms with E-state index in [1.54, 1.807) is 0 Å². The highest BCUT2D eigenvalue weighted by Crippen LogP contribution is 2.31. The molecule has 0 aromatic carbocycles. The number of rotatable bonds is 3. The zero-order valence-electron chi connectivity index (χ0n) is 4.79. The normalized spacial score (nSPS) is 8.67. The third-order valence-electron chi connectivity index (χ3n) is 0.551. The van der Waals surface area contributed by atoms with Crippen LogP contribution >= 0.6 is 32.3 Å². The van der Waals surface area contributed by atoms with Crippen molar-refractivity contribution in [2.45, 2.75) is 0 Å². The molecule has 0 rings (SSSR count). The van der Waals surface area contributed by atoms with Crippen LogP contribution in [0.25, 0.3) is 0 Å². The number of hydrogen-bond donors (Lipinski definition) is 1. The van der Waals surface area contributed by atoms with Gasteiger partial charge in [0.15, 0.2) is 0 Å². The van der Waals surface area contributed by atoms with Crippen LogP contribution < -0.4 is 0 Å². The molecule has 5 heteroatoms. The molecule has 52 valence electrons. The maximum absolute atomic E-state index is 10.5. The van der Waals surface area contributed by atoms with Gasteiger partial charge in [-0.3, -0.25) is 0 Å². The highest BCUT2D eigenvalue weighted by molar-refractivity contribution is 9.06. The van der Waals surface area contributed by atoms with E-state index in [0.717, 1.165) is 9.83 Å². The van der Waals surface area contributed by atoms with Crippen LogP contribution in [-0.2, 0) is 9.53 Å². The van der Waals surface area contributed by atoms with E-state index in [2.05, 4.69) is 23.0 Å². The Morgan fingerprint density at radius 2 is 2.33 bits per heavy atom. The molecular formula is C4H6O2S3. The van der Waals surface area contributed by atoms with E-state index in [0.29, 0.717) is 4.91 Å². The fourth-order valence-corrected chi connectivity index (χ4v) is 1.72. The number of methoxy groups -OCH3 is 1. The number of thiol groups is 1. The molecule has 0 amide bonds. The summed E-state index contributed by atoms with van der Waals surface area (Å²) >= 11 is 3.80. The molecule has 0 aromatic rings. The Kier molecular flexibility index (Phi) is 5.22. The molecule has 0 atom stereocenters. The highest BCUT2D eigenvalue weighted by atomic mass is 33.5. The van der Waals surface area contributed by atoms with Gasteiger partial charge in [0.1, 0.15) is 0 Å². The van der Waals surface area contributed by atoms with Crippen molar-refractivity contribution in [3.05, 3.63) is 11.5 Å². The Bertz CT molecular complexity index is 123. The SMILES string of the molecule is C=C(SSS)C(=O)OC. The highest BCUT2D eigenvalue weighted by Gasteiger charge is 2.05. The van der Waals surface area contributed by atoms with Crippen LogP contribution in [-0.4, -0.2) is 13.1 Å². The molecule has 0 aliphatic rings. The van der Waals surface area contributed by atoms with Crippen molar-refractivity contribution in [2.75, 3.05) is 7.11 Å². The Labute approximate surface area is 66.6 Å². The standard InChI is InChI=1S/C4H6O2S3/c1-3(8-9-7)4(5)6-2/h7H,1H2,2H3. The molecule has 0 fully saturated rings. The number of ether oxygens (including phenoxy) is 1. The van der Waals surface area contributed by atoms with Gasteiger partial charge in [0, 0.05) is 0 Å². The maximum Gasteiger partial charge on any atom is 0.344 e. The summed E-state index contributed by atoms with van der Waals surface area (Å²) in [5.41, 5.74) is 0. The van der Waals surface area contributed by atoms with Gasteiger partial charge in [0.25, 0.3) is 0 Å². The Morgan fingerprint density at radius 1 is 1.78 bits per heavy atom. The largest absolute Gasteiger partial charge is 0.465 e. The summed E-state index contributed by atoms with van der Waals surface area (Å²) in [6, 6.07) is 0. The third-order valence-corrected chi connectivity index (χ3v) is 2.49. The lowest BCUT2D eigenvalue weighted by Crippen LogP contribution is -1.98. The summed E-state index contributed by atoms with van der Waals surface area (Å²) in [7, 11) is 3.66. The van der Waals surface area contributed by atoms with E-state index in [4.69, 9.17) is 0 Å². The first-order valence-corrected chi connectivity index (χ1v) is 5.18. The average Bonchev–Trinajstić information content (AvgIpc) is 1.87. The summed E-state index contributed by atoms with van der Waals surface area (Å²) in [4.78, 5) is 10.9. The Balaban J connectivity index is 3.60. The number of carbonyl (C=O) groups is 1. The molecule has 9 heavy (non-hydrogen) atoms. The minimum Gasteiger partial charge on any atom is -0.465 e. The molecule has 0 spiro atoms. The molecule has 0 unspecified atom stereocenters. The van der Waals surface area contributed by atoms with E-state index < -0.39 is 5.97 Å². The van der Waals surface area contributed by atoms with Crippen LogP contribution in [0.5, 0.6) is 0 Å². The minimum absolute atomic E-state index is 0.359. The predicted molar refractivity (Wildman–Crippen MR) is 45.3 cm³/mol. The third kappa shape index (κ3) is 3.77. The van der Waals surface area contributed by atoms with Crippen LogP contribution in [0.1, 0.15) is 0 Å². The fraction of sp³-hybridized carbons (Fsp3) is 0.250. The molecule has 0 bridgehead atoms. The molecule has 2 nitrogen and oxygen atoms in total. The van der Waals surface area contributed by atoms with Gasteiger partial charge in [0.2, 0.25) is 0 Å². The van der Waals surface area contributed by atoms with Gasteiger partial charge in [-0.15, -0.1) is 0 Å². The quantitative estimate of drug-likeness (QED) is 0.312. The topological polar surface area (TPSA) is 26.3 Å². The smallest absolute Gasteiger partial charge is 0.344 e. The molecule has 0 heterocycles. The van der Waals surface area contributed by atoms with Gasteiger partial charge in [-0.2, -0.15) is 0 Å². The molecule has 0 saturated heterocycles. The van der Waals surface area contributed by atoms with E-state index in [9.17, 15) is 4.79 Å². The lowest BCUT2D eigenvalue weighted by atomic mass is 10.6. The van der Waals surface area contributed by atoms with Crippen molar-refractivity contribution < 1.29 is 9.53 Å². The van der Waals surface area contributed by atoms with Crippen LogP contribution in [0.4, 0.5) is 0 Å². The van der Waals surface area contributed by atoms with E-state index >= 15 is 0 Å². The molecule has 0 N–H and O–H groups in total. The Morgan fingerprint density at radius 3 is 2.67 bits per heavy atom. The van der Waals surface area contributed by atoms with Crippen LogP contribution in [0, 0.1) is 0 Å². The summed E-state index contributed by atoms with van der Waals surface area (Å²) in [6.07, 6.45) is 0. The lowest BCUT2D eigenvalue weighted by Gasteiger charge is -1.96. The first kappa shape index (κ1) is 9.26. The van der Waals surface area contributed by atoms with E-state index in [-0.39, 0.29) is 0 Å². The van der Waals surface area contributed by atoms with Crippen molar-refractivity contribution in [3.63, 3.8) is 0 Å². The van der Waals surface area contributed by atoms with Gasteiger partial charge >= 0.3 is 5.97 Å². The zero-order valence-corrected chi connectivity index (χ0v) is 7.31. The summed E-state index contributed by atoms with van der Waals surface area (Å²) in [5.74, 6) is -0.401. The van der Waals surface area contributed by atoms with Gasteiger partial charge in [-0.1, -0.05) is 18.2 Å². The zero-order chi connectivity index (χ0) is 7.28. The van der Waals surface area contributed by atoms with E-state index in [1.165, 1.54) is 17.9 Å². The van der Waals surface area contributed by atoms with Crippen molar-refractivity contribution in [3.8, 4) is 0 Å². The monoisotopic (exact) mass is 182 g/mol. The minimum atomic E-state index is -0.401. The summed E-state index contributed by atoms with van der Waals surface area (Å²) in [5, 5.41) is 0. The van der Waals surface area contributed by atoms with Crippen molar-refractivity contribution >= 4 is 38.2 Å². The van der Waals surface area contributed by atoms with Crippen LogP contribution in [0.2, 0.25) is 0 Å². The van der Waals surface area contributed by atoms with Gasteiger partial charge in [-0.05, 0) is 20.6 Å². The molecule has 0 aliphatic carbocycles. The number of carbonyl (C=O) groups excluding carboxylic acids is 1. The maximum atomic E-state index is 10.5. The van der Waals surface area contributed by atoms with Crippen molar-refractivity contribution in [1.82, 2.24) is 0 Å². The first-order valence-electron chi connectivity index (χ1n) is 1.97. The first-order chi connectivity index (χ1) is 4.22. The van der Waals surface area contributed by atoms with Crippen LogP contribution in [0.3, 0.4) is 0 Å². The van der Waals surface area contributed by atoms with Gasteiger partial charge < -0.3 is 4.74 Å². The second kappa shape index (κ2) is 5.08. The van der Waals surface area contributed by atoms with Crippen LogP contribution in [0.15, 0.2) is 11.5 Å². The van der Waals surface area contributed by atoms with Crippen molar-refractivity contribution in [2.24, 2.45) is 0 Å². The lowest BCUT2D eigenvalue weighted by molar-refractivity contribution is -0.135. The van der Waals surface area contributed by atoms with Gasteiger partial charge in [0.05, 0.1) is 12.0 Å². The molecular weight excluding hydrogens is 176 g/mol. The second-order valence-electron chi connectivity index (χ2n) is 1.07. The Hall–Kier alpha value is 0.260. The summed E-state index contributed by atoms with van der Waals surface area (Å²) in [6.45, 7) is 3.43. The molecule has 0 aliphatic heterocycles. The number of hydrogen-bond acceptors (Lipinski definition) is 5. The van der Waals surface area contributed by atoms with Gasteiger partial charge in [-0.25, -0.2) is 4.79 Å². The summed E-state index contributed by atoms with van der Waals surface area (Å²) < 4.78 is 4.36. The molecule has 0 saturated carbocycles. The van der Waals surface area contributed by atoms with E-state index in [1.807, 2.05) is 0 Å². The van der Waals surface area contributed by atoms with Crippen molar-refractivity contribution in [1.29, 1.82) is 0 Å².